The smallest absolute Gasteiger partial charge is 0.261 e. The first-order valence-electron chi connectivity index (χ1n) is 13.8. The minimum atomic E-state index is -0.339. The lowest BCUT2D eigenvalue weighted by molar-refractivity contribution is -0.162. The molecule has 36 heavy (non-hydrogen) atoms. The summed E-state index contributed by atoms with van der Waals surface area (Å²) in [5, 5.41) is 10.3. The van der Waals surface area contributed by atoms with Crippen molar-refractivity contribution in [3.05, 3.63) is 35.4 Å². The van der Waals surface area contributed by atoms with Gasteiger partial charge in [0, 0.05) is 31.2 Å². The third kappa shape index (κ3) is 3.32. The number of imide groups is 1. The number of hydrogen-bond acceptors (Lipinski definition) is 5. The molecule has 6 nitrogen and oxygen atoms in total. The van der Waals surface area contributed by atoms with E-state index in [4.69, 9.17) is 0 Å². The molecule has 4 fully saturated rings. The van der Waals surface area contributed by atoms with E-state index in [0.29, 0.717) is 41.1 Å². The molecule has 5 aliphatic rings. The summed E-state index contributed by atoms with van der Waals surface area (Å²) in [6, 6.07) is 6.81. The van der Waals surface area contributed by atoms with Gasteiger partial charge in [0.1, 0.15) is 11.6 Å². The second-order valence-electron chi connectivity index (χ2n) is 12.8. The SMILES string of the molecule is C[C@]12CC[C@@H](O)C[C@@H]1CC[C@H]1[C@@H]3CC[C@H](C(=O)CCN4C(=O)c5ccccc5C4=O)[C@@]3(C)CC(=O)[C@@H]12. The Hall–Kier alpha value is -2.34. The Morgan fingerprint density at radius 1 is 0.972 bits per heavy atom. The highest BCUT2D eigenvalue weighted by atomic mass is 16.3. The molecule has 4 aliphatic carbocycles. The molecule has 2 amide bonds. The fourth-order valence-corrected chi connectivity index (χ4v) is 9.42. The van der Waals surface area contributed by atoms with Crippen LogP contribution in [0.4, 0.5) is 0 Å². The zero-order valence-corrected chi connectivity index (χ0v) is 21.4. The molecule has 1 aromatic carbocycles. The number of hydrogen-bond donors (Lipinski definition) is 1. The summed E-state index contributed by atoms with van der Waals surface area (Å²) in [6.07, 6.45) is 6.71. The molecule has 6 rings (SSSR count). The highest BCUT2D eigenvalue weighted by molar-refractivity contribution is 6.21. The summed E-state index contributed by atoms with van der Waals surface area (Å²) in [7, 11) is 0. The lowest BCUT2D eigenvalue weighted by atomic mass is 9.44. The molecule has 6 heteroatoms. The van der Waals surface area contributed by atoms with Crippen LogP contribution in [0.1, 0.15) is 92.4 Å². The first kappa shape index (κ1) is 24.0. The molecule has 4 saturated carbocycles. The van der Waals surface area contributed by atoms with Crippen molar-refractivity contribution < 1.29 is 24.3 Å². The third-order valence-corrected chi connectivity index (χ3v) is 11.2. The quantitative estimate of drug-likeness (QED) is 0.629. The van der Waals surface area contributed by atoms with Crippen molar-refractivity contribution in [2.45, 2.75) is 77.7 Å². The number of benzene rings is 1. The fourth-order valence-electron chi connectivity index (χ4n) is 9.42. The fraction of sp³-hybridized carbons (Fsp3) is 0.667. The van der Waals surface area contributed by atoms with Crippen LogP contribution in [0.2, 0.25) is 0 Å². The minimum Gasteiger partial charge on any atom is -0.393 e. The molecule has 0 unspecified atom stereocenters. The molecular weight excluding hydrogens is 454 g/mol. The zero-order chi connectivity index (χ0) is 25.4. The van der Waals surface area contributed by atoms with Crippen LogP contribution in [-0.2, 0) is 9.59 Å². The zero-order valence-electron chi connectivity index (χ0n) is 21.4. The second-order valence-corrected chi connectivity index (χ2v) is 12.8. The summed E-state index contributed by atoms with van der Waals surface area (Å²) in [5.74, 6) is 0.713. The van der Waals surface area contributed by atoms with Gasteiger partial charge < -0.3 is 5.11 Å². The van der Waals surface area contributed by atoms with E-state index in [9.17, 15) is 24.3 Å². The lowest BCUT2D eigenvalue weighted by Crippen LogP contribution is -2.58. The summed E-state index contributed by atoms with van der Waals surface area (Å²) in [5.41, 5.74) is 0.445. The summed E-state index contributed by atoms with van der Waals surface area (Å²) < 4.78 is 0. The van der Waals surface area contributed by atoms with E-state index in [2.05, 4.69) is 13.8 Å². The molecule has 1 heterocycles. The Kier molecular flexibility index (Phi) is 5.56. The molecule has 1 aliphatic heterocycles. The molecule has 1 aromatic rings. The van der Waals surface area contributed by atoms with Gasteiger partial charge in [-0.1, -0.05) is 26.0 Å². The number of aliphatic hydroxyl groups is 1. The largest absolute Gasteiger partial charge is 0.393 e. The van der Waals surface area contributed by atoms with E-state index >= 15 is 0 Å². The van der Waals surface area contributed by atoms with Crippen molar-refractivity contribution in [1.82, 2.24) is 4.90 Å². The maximum Gasteiger partial charge on any atom is 0.261 e. The first-order valence-corrected chi connectivity index (χ1v) is 13.8. The van der Waals surface area contributed by atoms with Crippen LogP contribution < -0.4 is 0 Å². The van der Waals surface area contributed by atoms with Crippen molar-refractivity contribution in [2.24, 2.45) is 40.4 Å². The van der Waals surface area contributed by atoms with Crippen LogP contribution in [0.25, 0.3) is 0 Å². The first-order chi connectivity index (χ1) is 17.1. The van der Waals surface area contributed by atoms with Crippen LogP contribution >= 0.6 is 0 Å². The Morgan fingerprint density at radius 2 is 1.67 bits per heavy atom. The van der Waals surface area contributed by atoms with Crippen molar-refractivity contribution in [1.29, 1.82) is 0 Å². The number of fused-ring (bicyclic) bond motifs is 6. The normalized spacial score (nSPS) is 41.5. The van der Waals surface area contributed by atoms with Crippen molar-refractivity contribution >= 4 is 23.4 Å². The molecule has 0 aromatic heterocycles. The maximum atomic E-state index is 13.8. The average molecular weight is 492 g/mol. The standard InChI is InChI=1S/C30H37NO5/c1-29-13-11-18(32)15-17(29)7-8-21-22-9-10-23(30(22,2)16-25(34)26(21)29)24(33)12-14-31-27(35)19-5-3-4-6-20(19)28(31)36/h3-6,17-18,21-23,26,32H,7-16H2,1-2H3/t17-,18+,21-,22-,23+,26+,29-,30-/m0/s1. The van der Waals surface area contributed by atoms with Crippen molar-refractivity contribution in [2.75, 3.05) is 6.54 Å². The maximum absolute atomic E-state index is 13.8. The van der Waals surface area contributed by atoms with Gasteiger partial charge in [0.25, 0.3) is 11.8 Å². The van der Waals surface area contributed by atoms with Gasteiger partial charge >= 0.3 is 0 Å². The molecule has 0 spiro atoms. The van der Waals surface area contributed by atoms with Crippen LogP contribution in [-0.4, -0.2) is 46.0 Å². The van der Waals surface area contributed by atoms with E-state index in [1.807, 2.05) is 0 Å². The number of carbonyl (C=O) groups excluding carboxylic acids is 4. The van der Waals surface area contributed by atoms with Gasteiger partial charge in [-0.15, -0.1) is 0 Å². The molecule has 0 radical (unpaired) electrons. The third-order valence-electron chi connectivity index (χ3n) is 11.2. The predicted octanol–water partition coefficient (Wildman–Crippen LogP) is 4.44. The number of ketones is 2. The number of Topliss-reactive ketones (excluding diaryl/α,β-unsaturated/α-hetero) is 2. The highest BCUT2D eigenvalue weighted by Crippen LogP contribution is 2.66. The van der Waals surface area contributed by atoms with Crippen molar-refractivity contribution in [3.63, 3.8) is 0 Å². The van der Waals surface area contributed by atoms with Gasteiger partial charge in [0.15, 0.2) is 0 Å². The second kappa shape index (κ2) is 8.34. The molecule has 0 bridgehead atoms. The number of nitrogens with zero attached hydrogens (tertiary/aromatic N) is 1. The van der Waals surface area contributed by atoms with Gasteiger partial charge in [-0.25, -0.2) is 0 Å². The summed E-state index contributed by atoms with van der Waals surface area (Å²) in [6.45, 7) is 4.55. The molecule has 1 N–H and O–H groups in total. The van der Waals surface area contributed by atoms with Crippen LogP contribution in [0.5, 0.6) is 0 Å². The van der Waals surface area contributed by atoms with E-state index < -0.39 is 0 Å². The summed E-state index contributed by atoms with van der Waals surface area (Å²) >= 11 is 0. The molecule has 192 valence electrons. The van der Waals surface area contributed by atoms with Crippen LogP contribution in [0, 0.1) is 40.4 Å². The number of carbonyl (C=O) groups is 4. The van der Waals surface area contributed by atoms with Crippen molar-refractivity contribution in [3.8, 4) is 0 Å². The average Bonchev–Trinajstić information content (AvgIpc) is 3.31. The molecular formula is C30H37NO5. The van der Waals surface area contributed by atoms with Gasteiger partial charge in [0.05, 0.1) is 17.2 Å². The Bertz CT molecular complexity index is 1110. The van der Waals surface area contributed by atoms with Crippen LogP contribution in [0.3, 0.4) is 0 Å². The Balaban J connectivity index is 1.17. The number of amides is 2. The van der Waals surface area contributed by atoms with Gasteiger partial charge in [-0.3, -0.25) is 24.1 Å². The lowest BCUT2D eigenvalue weighted by Gasteiger charge is -2.59. The molecule has 0 saturated heterocycles. The Morgan fingerprint density at radius 3 is 2.36 bits per heavy atom. The van der Waals surface area contributed by atoms with E-state index in [0.717, 1.165) is 44.9 Å². The predicted molar refractivity (Wildman–Crippen MR) is 133 cm³/mol. The molecule has 8 atom stereocenters. The van der Waals surface area contributed by atoms with Gasteiger partial charge in [-0.2, -0.15) is 0 Å². The summed E-state index contributed by atoms with van der Waals surface area (Å²) in [4.78, 5) is 54.0. The van der Waals surface area contributed by atoms with E-state index in [1.165, 1.54) is 4.90 Å². The van der Waals surface area contributed by atoms with Gasteiger partial charge in [0.2, 0.25) is 0 Å². The topological polar surface area (TPSA) is 91.8 Å². The number of rotatable bonds is 4. The monoisotopic (exact) mass is 491 g/mol. The highest BCUT2D eigenvalue weighted by Gasteiger charge is 2.64. The van der Waals surface area contributed by atoms with E-state index in [1.54, 1.807) is 24.3 Å². The van der Waals surface area contributed by atoms with E-state index in [-0.39, 0.29) is 59.3 Å². The Labute approximate surface area is 212 Å². The minimum absolute atomic E-state index is 0.0336. The van der Waals surface area contributed by atoms with Crippen LogP contribution in [0.15, 0.2) is 24.3 Å². The number of aliphatic hydroxyl groups excluding tert-OH is 1. The van der Waals surface area contributed by atoms with Gasteiger partial charge in [-0.05, 0) is 85.7 Å².